The van der Waals surface area contributed by atoms with Gasteiger partial charge in [-0.05, 0) is 61.0 Å². The molecule has 0 bridgehead atoms. The number of fused-ring (bicyclic) bond motifs is 1. The summed E-state index contributed by atoms with van der Waals surface area (Å²) in [6, 6.07) is 19.6. The van der Waals surface area contributed by atoms with Gasteiger partial charge in [0.1, 0.15) is 11.5 Å². The molecule has 0 spiro atoms. The highest BCUT2D eigenvalue weighted by Gasteiger charge is 2.22. The number of amides is 3. The SMILES string of the molecule is Cc1cccc(NC(=O)c2cc3cc(Br)ccc3n2NC(=O)C(=O)Nc2ccccc2F)c1. The highest BCUT2D eigenvalue weighted by atomic mass is 79.9. The van der Waals surface area contributed by atoms with Gasteiger partial charge in [-0.1, -0.05) is 40.2 Å². The molecule has 33 heavy (non-hydrogen) atoms. The number of anilines is 2. The van der Waals surface area contributed by atoms with Crippen LogP contribution < -0.4 is 16.1 Å². The van der Waals surface area contributed by atoms with Crippen molar-refractivity contribution in [3.8, 4) is 0 Å². The van der Waals surface area contributed by atoms with Gasteiger partial charge >= 0.3 is 11.8 Å². The maximum atomic E-state index is 13.8. The maximum absolute atomic E-state index is 13.8. The Hall–Kier alpha value is -3.98. The fraction of sp³-hybridized carbons (Fsp3) is 0.0417. The van der Waals surface area contributed by atoms with Crippen LogP contribution in [0.1, 0.15) is 16.1 Å². The van der Waals surface area contributed by atoms with Crippen molar-refractivity contribution in [1.82, 2.24) is 4.68 Å². The molecule has 7 nitrogen and oxygen atoms in total. The molecule has 1 heterocycles. The third kappa shape index (κ3) is 4.93. The first kappa shape index (κ1) is 22.2. The molecule has 0 aliphatic heterocycles. The maximum Gasteiger partial charge on any atom is 0.328 e. The van der Waals surface area contributed by atoms with Gasteiger partial charge < -0.3 is 10.6 Å². The average Bonchev–Trinajstić information content (AvgIpc) is 3.12. The topological polar surface area (TPSA) is 92.2 Å². The lowest BCUT2D eigenvalue weighted by Gasteiger charge is -2.13. The standard InChI is InChI=1S/C24H18BrFN4O3/c1-14-5-4-6-17(11-14)27-22(31)21-13-15-12-16(25)9-10-20(15)30(21)29-24(33)23(32)28-19-8-3-2-7-18(19)26/h2-13H,1H3,(H,27,31)(H,28,32)(H,29,33). The second-order valence-corrected chi connectivity index (χ2v) is 8.18. The minimum absolute atomic E-state index is 0.108. The van der Waals surface area contributed by atoms with Gasteiger partial charge in [0.2, 0.25) is 0 Å². The monoisotopic (exact) mass is 508 g/mol. The number of carbonyl (C=O) groups is 3. The molecule has 0 fully saturated rings. The number of nitrogens with zero attached hydrogens (tertiary/aromatic N) is 1. The van der Waals surface area contributed by atoms with Crippen LogP contribution in [-0.2, 0) is 9.59 Å². The minimum atomic E-state index is -1.08. The van der Waals surface area contributed by atoms with Gasteiger partial charge in [0, 0.05) is 15.5 Å². The Morgan fingerprint density at radius 2 is 1.67 bits per heavy atom. The molecule has 166 valence electrons. The summed E-state index contributed by atoms with van der Waals surface area (Å²) in [4.78, 5) is 38.0. The predicted octanol–water partition coefficient (Wildman–Crippen LogP) is 4.81. The molecule has 0 radical (unpaired) electrons. The smallest absolute Gasteiger partial charge is 0.321 e. The molecule has 3 N–H and O–H groups in total. The number of aryl methyl sites for hydroxylation is 1. The van der Waals surface area contributed by atoms with Crippen LogP contribution in [0.2, 0.25) is 0 Å². The second-order valence-electron chi connectivity index (χ2n) is 7.27. The molecular formula is C24H18BrFN4O3. The lowest BCUT2D eigenvalue weighted by Crippen LogP contribution is -2.36. The van der Waals surface area contributed by atoms with E-state index in [1.807, 2.05) is 25.1 Å². The zero-order valence-electron chi connectivity index (χ0n) is 17.4. The van der Waals surface area contributed by atoms with Crippen molar-refractivity contribution in [2.45, 2.75) is 6.92 Å². The van der Waals surface area contributed by atoms with E-state index in [1.165, 1.54) is 28.9 Å². The number of halogens is 2. The molecule has 4 aromatic rings. The number of hydrogen-bond acceptors (Lipinski definition) is 3. The molecule has 3 amide bonds. The molecule has 3 aromatic carbocycles. The Bertz CT molecular complexity index is 1400. The summed E-state index contributed by atoms with van der Waals surface area (Å²) in [6.45, 7) is 1.90. The van der Waals surface area contributed by atoms with E-state index in [4.69, 9.17) is 0 Å². The number of para-hydroxylation sites is 1. The normalized spacial score (nSPS) is 10.6. The fourth-order valence-corrected chi connectivity index (χ4v) is 3.66. The van der Waals surface area contributed by atoms with Crippen molar-refractivity contribution >= 4 is 55.9 Å². The van der Waals surface area contributed by atoms with Crippen molar-refractivity contribution in [3.05, 3.63) is 94.3 Å². The largest absolute Gasteiger partial charge is 0.328 e. The summed E-state index contributed by atoms with van der Waals surface area (Å²) in [7, 11) is 0. The molecule has 0 unspecified atom stereocenters. The van der Waals surface area contributed by atoms with Crippen LogP contribution in [0, 0.1) is 12.7 Å². The van der Waals surface area contributed by atoms with Crippen LogP contribution in [0.15, 0.2) is 77.3 Å². The fourth-order valence-electron chi connectivity index (χ4n) is 3.29. The molecule has 0 atom stereocenters. The summed E-state index contributed by atoms with van der Waals surface area (Å²) in [5.41, 5.74) is 4.47. The molecular weight excluding hydrogens is 491 g/mol. The van der Waals surface area contributed by atoms with E-state index < -0.39 is 23.5 Å². The molecule has 4 rings (SSSR count). The second kappa shape index (κ2) is 9.25. The number of carbonyl (C=O) groups excluding carboxylic acids is 3. The average molecular weight is 509 g/mol. The summed E-state index contributed by atoms with van der Waals surface area (Å²) < 4.78 is 15.8. The quantitative estimate of drug-likeness (QED) is 0.345. The van der Waals surface area contributed by atoms with E-state index in [9.17, 15) is 18.8 Å². The van der Waals surface area contributed by atoms with Gasteiger partial charge in [-0.2, -0.15) is 0 Å². The van der Waals surface area contributed by atoms with E-state index in [-0.39, 0.29) is 11.4 Å². The minimum Gasteiger partial charge on any atom is -0.321 e. The highest BCUT2D eigenvalue weighted by Crippen LogP contribution is 2.24. The Labute approximate surface area is 196 Å². The van der Waals surface area contributed by atoms with Gasteiger partial charge in [0.25, 0.3) is 5.91 Å². The summed E-state index contributed by atoms with van der Waals surface area (Å²) in [6.07, 6.45) is 0. The lowest BCUT2D eigenvalue weighted by atomic mass is 10.2. The zero-order chi connectivity index (χ0) is 23.5. The molecule has 0 saturated heterocycles. The van der Waals surface area contributed by atoms with E-state index in [1.54, 1.807) is 30.3 Å². The zero-order valence-corrected chi connectivity index (χ0v) is 18.9. The number of hydrogen-bond donors (Lipinski definition) is 3. The van der Waals surface area contributed by atoms with Crippen molar-refractivity contribution in [2.75, 3.05) is 16.1 Å². The van der Waals surface area contributed by atoms with E-state index in [0.29, 0.717) is 16.6 Å². The van der Waals surface area contributed by atoms with Crippen molar-refractivity contribution in [1.29, 1.82) is 0 Å². The third-order valence-corrected chi connectivity index (χ3v) is 5.31. The van der Waals surface area contributed by atoms with E-state index >= 15 is 0 Å². The summed E-state index contributed by atoms with van der Waals surface area (Å²) >= 11 is 3.39. The summed E-state index contributed by atoms with van der Waals surface area (Å²) in [5, 5.41) is 5.68. The Kier molecular flexibility index (Phi) is 6.23. The van der Waals surface area contributed by atoms with Crippen molar-refractivity contribution < 1.29 is 18.8 Å². The van der Waals surface area contributed by atoms with Gasteiger partial charge in [-0.25, -0.2) is 9.07 Å². The highest BCUT2D eigenvalue weighted by molar-refractivity contribution is 9.10. The van der Waals surface area contributed by atoms with Gasteiger partial charge in [-0.3, -0.25) is 19.8 Å². The van der Waals surface area contributed by atoms with E-state index in [0.717, 1.165) is 10.0 Å². The Morgan fingerprint density at radius 1 is 0.879 bits per heavy atom. The molecule has 0 saturated carbocycles. The van der Waals surface area contributed by atoms with E-state index in [2.05, 4.69) is 32.0 Å². The number of aromatic nitrogens is 1. The van der Waals surface area contributed by atoms with Crippen molar-refractivity contribution in [2.24, 2.45) is 0 Å². The first-order valence-electron chi connectivity index (χ1n) is 9.88. The Morgan fingerprint density at radius 3 is 2.42 bits per heavy atom. The molecule has 1 aromatic heterocycles. The van der Waals surface area contributed by atoms with Gasteiger partial charge in [0.15, 0.2) is 0 Å². The number of benzene rings is 3. The van der Waals surface area contributed by atoms with Crippen LogP contribution >= 0.6 is 15.9 Å². The molecule has 0 aliphatic carbocycles. The van der Waals surface area contributed by atoms with Crippen LogP contribution in [0.5, 0.6) is 0 Å². The van der Waals surface area contributed by atoms with Crippen LogP contribution in [0.25, 0.3) is 10.9 Å². The first-order chi connectivity index (χ1) is 15.8. The number of rotatable bonds is 4. The molecule has 0 aliphatic rings. The van der Waals surface area contributed by atoms with Crippen LogP contribution in [-0.4, -0.2) is 22.4 Å². The third-order valence-electron chi connectivity index (χ3n) is 4.81. The number of nitrogens with one attached hydrogen (secondary N) is 3. The Balaban J connectivity index is 1.64. The lowest BCUT2D eigenvalue weighted by molar-refractivity contribution is -0.133. The van der Waals surface area contributed by atoms with Gasteiger partial charge in [0.05, 0.1) is 11.2 Å². The van der Waals surface area contributed by atoms with Gasteiger partial charge in [-0.15, -0.1) is 0 Å². The van der Waals surface area contributed by atoms with Crippen LogP contribution in [0.4, 0.5) is 15.8 Å². The van der Waals surface area contributed by atoms with Crippen molar-refractivity contribution in [3.63, 3.8) is 0 Å². The first-order valence-corrected chi connectivity index (χ1v) is 10.7. The predicted molar refractivity (Wildman–Crippen MR) is 128 cm³/mol. The van der Waals surface area contributed by atoms with Crippen LogP contribution in [0.3, 0.4) is 0 Å². The molecule has 9 heteroatoms. The summed E-state index contributed by atoms with van der Waals surface area (Å²) in [5.74, 6) is -3.30.